The number of anilines is 1. The minimum absolute atomic E-state index is 0.0623. The molecule has 6 aromatic rings. The first-order valence-electron chi connectivity index (χ1n) is 16.3. The van der Waals surface area contributed by atoms with Crippen LogP contribution in [0.5, 0.6) is 5.75 Å². The summed E-state index contributed by atoms with van der Waals surface area (Å²) < 4.78 is 20.7. The number of carbonyl (C=O) groups is 1. The number of nitrogens with one attached hydrogen (secondary N) is 3. The molecule has 0 unspecified atom stereocenters. The van der Waals surface area contributed by atoms with Crippen LogP contribution in [-0.4, -0.2) is 67.2 Å². The average molecular weight is 631 g/mol. The lowest BCUT2D eigenvalue weighted by atomic mass is 10.0. The number of ether oxygens (including phenoxy) is 1. The van der Waals surface area contributed by atoms with Crippen LogP contribution in [-0.2, 0) is 4.79 Å². The van der Waals surface area contributed by atoms with E-state index < -0.39 is 5.82 Å². The number of H-pyrrole nitrogens is 2. The monoisotopic (exact) mass is 630 g/mol. The Hall–Kier alpha value is -5.16. The number of fused-ring (bicyclic) bond motifs is 2. The Kier molecular flexibility index (Phi) is 7.82. The van der Waals surface area contributed by atoms with Crippen LogP contribution < -0.4 is 10.1 Å². The molecule has 11 heteroatoms. The lowest BCUT2D eigenvalue weighted by Crippen LogP contribution is -2.25. The second kappa shape index (κ2) is 12.6. The first-order valence-corrected chi connectivity index (χ1v) is 16.3. The largest absolute Gasteiger partial charge is 0.492 e. The highest BCUT2D eigenvalue weighted by atomic mass is 19.1. The van der Waals surface area contributed by atoms with E-state index in [4.69, 9.17) is 9.72 Å². The molecule has 2 aromatic carbocycles. The molecule has 238 valence electrons. The van der Waals surface area contributed by atoms with Gasteiger partial charge in [0.1, 0.15) is 29.4 Å². The number of amides is 1. The number of rotatable bonds is 9. The number of aromatic amines is 2. The molecule has 3 N–H and O–H groups in total. The van der Waals surface area contributed by atoms with E-state index in [1.165, 1.54) is 25.0 Å². The standard InChI is InChI=1S/C36H35FN8O2/c37-26-15-24(17-28(19-26)47-14-13-45-11-3-4-12-45)32-34-31(9-10-39-32)41-35(42-34)33-29-18-23(7-8-30(29)43-44-33)25-16-27(21-38-20-25)40-36(46)22-5-1-2-6-22/h7-10,15-22H,1-6,11-14H2,(H,40,46)(H,41,42)(H,43,44). The van der Waals surface area contributed by atoms with Crippen molar-refractivity contribution in [2.75, 3.05) is 31.6 Å². The number of hydrogen-bond donors (Lipinski definition) is 3. The van der Waals surface area contributed by atoms with Crippen molar-refractivity contribution >= 4 is 33.5 Å². The zero-order chi connectivity index (χ0) is 31.7. The van der Waals surface area contributed by atoms with Crippen molar-refractivity contribution < 1.29 is 13.9 Å². The molecule has 8 rings (SSSR count). The van der Waals surface area contributed by atoms with Crippen LogP contribution in [0.2, 0.25) is 0 Å². The number of hydrogen-bond acceptors (Lipinski definition) is 7. The fourth-order valence-corrected chi connectivity index (χ4v) is 6.81. The molecule has 1 saturated heterocycles. The summed E-state index contributed by atoms with van der Waals surface area (Å²) in [5.74, 6) is 0.773. The van der Waals surface area contributed by atoms with Gasteiger partial charge >= 0.3 is 0 Å². The number of likely N-dealkylation sites (tertiary alicyclic amines) is 1. The van der Waals surface area contributed by atoms with Gasteiger partial charge in [0, 0.05) is 47.4 Å². The summed E-state index contributed by atoms with van der Waals surface area (Å²) in [5, 5.41) is 11.6. The summed E-state index contributed by atoms with van der Waals surface area (Å²) in [5.41, 5.74) is 6.50. The first-order chi connectivity index (χ1) is 23.1. The quantitative estimate of drug-likeness (QED) is 0.158. The second-order valence-electron chi connectivity index (χ2n) is 12.5. The van der Waals surface area contributed by atoms with Gasteiger partial charge in [-0.1, -0.05) is 18.9 Å². The van der Waals surface area contributed by atoms with E-state index in [1.54, 1.807) is 18.6 Å². The SMILES string of the molecule is O=C(Nc1cncc(-c2ccc3[nH]nc(-c4nc5c(-c6cc(F)cc(OCCN7CCCC7)c6)nccc5[nH]4)c3c2)c1)C1CCCC1. The van der Waals surface area contributed by atoms with Gasteiger partial charge in [0.05, 0.1) is 28.6 Å². The summed E-state index contributed by atoms with van der Waals surface area (Å²) in [6.07, 6.45) is 11.7. The molecule has 0 spiro atoms. The van der Waals surface area contributed by atoms with E-state index in [1.807, 2.05) is 36.4 Å². The van der Waals surface area contributed by atoms with Crippen LogP contribution in [0.15, 0.2) is 67.1 Å². The summed E-state index contributed by atoms with van der Waals surface area (Å²) in [4.78, 5) is 32.4. The van der Waals surface area contributed by atoms with Gasteiger partial charge in [0.2, 0.25) is 5.91 Å². The lowest BCUT2D eigenvalue weighted by molar-refractivity contribution is -0.119. The lowest BCUT2D eigenvalue weighted by Gasteiger charge is -2.15. The van der Waals surface area contributed by atoms with Crippen LogP contribution in [0.3, 0.4) is 0 Å². The molecular weight excluding hydrogens is 595 g/mol. The molecule has 0 radical (unpaired) electrons. The van der Waals surface area contributed by atoms with Crippen LogP contribution in [0, 0.1) is 11.7 Å². The van der Waals surface area contributed by atoms with Crippen LogP contribution >= 0.6 is 0 Å². The number of pyridine rings is 2. The van der Waals surface area contributed by atoms with Gasteiger partial charge in [-0.15, -0.1) is 0 Å². The number of carbonyl (C=O) groups excluding carboxylic acids is 1. The highest BCUT2D eigenvalue weighted by molar-refractivity contribution is 5.98. The molecule has 5 heterocycles. The van der Waals surface area contributed by atoms with Crippen LogP contribution in [0.25, 0.3) is 55.8 Å². The highest BCUT2D eigenvalue weighted by Gasteiger charge is 2.23. The maximum atomic E-state index is 14.8. The maximum absolute atomic E-state index is 14.8. The Morgan fingerprint density at radius 3 is 2.68 bits per heavy atom. The molecule has 0 atom stereocenters. The third kappa shape index (κ3) is 6.06. The molecule has 2 aliphatic rings. The van der Waals surface area contributed by atoms with Crippen molar-refractivity contribution in [2.24, 2.45) is 5.92 Å². The fraction of sp³-hybridized carbons (Fsp3) is 0.306. The predicted molar refractivity (Wildman–Crippen MR) is 179 cm³/mol. The van der Waals surface area contributed by atoms with E-state index in [0.29, 0.717) is 46.3 Å². The number of nitrogens with zero attached hydrogens (tertiary/aromatic N) is 5. The van der Waals surface area contributed by atoms with Crippen molar-refractivity contribution in [3.05, 3.63) is 72.9 Å². The molecule has 4 aromatic heterocycles. The predicted octanol–water partition coefficient (Wildman–Crippen LogP) is 6.97. The molecule has 0 bridgehead atoms. The van der Waals surface area contributed by atoms with E-state index in [2.05, 4.69) is 35.4 Å². The number of benzene rings is 2. The molecule has 2 fully saturated rings. The van der Waals surface area contributed by atoms with Crippen molar-refractivity contribution in [2.45, 2.75) is 38.5 Å². The van der Waals surface area contributed by atoms with Gasteiger partial charge in [0.25, 0.3) is 0 Å². The van der Waals surface area contributed by atoms with Crippen molar-refractivity contribution in [3.8, 4) is 39.7 Å². The normalized spacial score (nSPS) is 15.6. The first kappa shape index (κ1) is 29.3. The van der Waals surface area contributed by atoms with E-state index >= 15 is 0 Å². The molecular formula is C36H35FN8O2. The van der Waals surface area contributed by atoms with Gasteiger partial charge < -0.3 is 15.0 Å². The van der Waals surface area contributed by atoms with Gasteiger partial charge in [-0.05, 0) is 80.7 Å². The van der Waals surface area contributed by atoms with E-state index in [0.717, 1.165) is 72.9 Å². The Bertz CT molecular complexity index is 2080. The Labute approximate surface area is 270 Å². The highest BCUT2D eigenvalue weighted by Crippen LogP contribution is 2.34. The van der Waals surface area contributed by atoms with Crippen molar-refractivity contribution in [3.63, 3.8) is 0 Å². The van der Waals surface area contributed by atoms with Crippen molar-refractivity contribution in [1.82, 2.24) is 35.0 Å². The Morgan fingerprint density at radius 2 is 1.81 bits per heavy atom. The molecule has 1 amide bonds. The van der Waals surface area contributed by atoms with E-state index in [-0.39, 0.29) is 11.8 Å². The number of aromatic nitrogens is 6. The van der Waals surface area contributed by atoms with Gasteiger partial charge in [0.15, 0.2) is 5.82 Å². The smallest absolute Gasteiger partial charge is 0.227 e. The van der Waals surface area contributed by atoms with Crippen LogP contribution in [0.4, 0.5) is 10.1 Å². The second-order valence-corrected chi connectivity index (χ2v) is 12.5. The number of halogens is 1. The molecule has 1 aliphatic carbocycles. The minimum atomic E-state index is -0.393. The summed E-state index contributed by atoms with van der Waals surface area (Å²) >= 11 is 0. The molecule has 1 saturated carbocycles. The van der Waals surface area contributed by atoms with Crippen LogP contribution in [0.1, 0.15) is 38.5 Å². The fourth-order valence-electron chi connectivity index (χ4n) is 6.81. The summed E-state index contributed by atoms with van der Waals surface area (Å²) in [7, 11) is 0. The van der Waals surface area contributed by atoms with Gasteiger partial charge in [-0.25, -0.2) is 9.37 Å². The number of imidazole rings is 1. The molecule has 47 heavy (non-hydrogen) atoms. The topological polar surface area (TPSA) is 125 Å². The average Bonchev–Trinajstić information content (AvgIpc) is 3.91. The Morgan fingerprint density at radius 1 is 0.936 bits per heavy atom. The zero-order valence-electron chi connectivity index (χ0n) is 25.9. The summed E-state index contributed by atoms with van der Waals surface area (Å²) in [6, 6.07) is 14.5. The Balaban J connectivity index is 1.08. The maximum Gasteiger partial charge on any atom is 0.227 e. The minimum Gasteiger partial charge on any atom is -0.492 e. The molecule has 10 nitrogen and oxygen atoms in total. The van der Waals surface area contributed by atoms with E-state index in [9.17, 15) is 9.18 Å². The molecule has 1 aliphatic heterocycles. The van der Waals surface area contributed by atoms with Gasteiger partial charge in [-0.3, -0.25) is 24.8 Å². The summed E-state index contributed by atoms with van der Waals surface area (Å²) in [6.45, 7) is 3.49. The third-order valence-corrected chi connectivity index (χ3v) is 9.27. The van der Waals surface area contributed by atoms with Gasteiger partial charge in [-0.2, -0.15) is 5.10 Å². The van der Waals surface area contributed by atoms with Crippen molar-refractivity contribution in [1.29, 1.82) is 0 Å². The zero-order valence-corrected chi connectivity index (χ0v) is 25.9. The third-order valence-electron chi connectivity index (χ3n) is 9.27.